The van der Waals surface area contributed by atoms with Gasteiger partial charge >= 0.3 is 0 Å². The van der Waals surface area contributed by atoms with Gasteiger partial charge in [0.15, 0.2) is 15.0 Å². The third kappa shape index (κ3) is 6.03. The minimum atomic E-state index is -3.43. The molecule has 33 heavy (non-hydrogen) atoms. The van der Waals surface area contributed by atoms with Crippen molar-refractivity contribution in [1.82, 2.24) is 9.97 Å². The molecule has 0 fully saturated rings. The van der Waals surface area contributed by atoms with E-state index in [1.165, 1.54) is 16.9 Å². The SMILES string of the molecule is CCc1ccc2nc(N(Cc3cccnc3)C(=O)CCS(=O)(=O)Cc3ccccc3)sc2c1. The van der Waals surface area contributed by atoms with Gasteiger partial charge in [-0.15, -0.1) is 0 Å². The minimum absolute atomic E-state index is 0.0787. The third-order valence-electron chi connectivity index (χ3n) is 5.30. The van der Waals surface area contributed by atoms with Crippen molar-refractivity contribution in [3.05, 3.63) is 89.7 Å². The van der Waals surface area contributed by atoms with Crippen molar-refractivity contribution in [3.63, 3.8) is 0 Å². The summed E-state index contributed by atoms with van der Waals surface area (Å²) in [6, 6.07) is 18.8. The van der Waals surface area contributed by atoms with Crippen molar-refractivity contribution >= 4 is 42.4 Å². The summed E-state index contributed by atoms with van der Waals surface area (Å²) in [6.45, 7) is 2.38. The highest BCUT2D eigenvalue weighted by Crippen LogP contribution is 2.31. The number of sulfone groups is 1. The maximum atomic E-state index is 13.3. The van der Waals surface area contributed by atoms with Crippen LogP contribution in [0, 0.1) is 0 Å². The van der Waals surface area contributed by atoms with Gasteiger partial charge in [0.05, 0.1) is 28.3 Å². The van der Waals surface area contributed by atoms with E-state index in [0.29, 0.717) is 5.13 Å². The molecule has 4 aromatic rings. The summed E-state index contributed by atoms with van der Waals surface area (Å²) in [4.78, 5) is 23.6. The van der Waals surface area contributed by atoms with Crippen LogP contribution in [0.4, 0.5) is 5.13 Å². The van der Waals surface area contributed by atoms with E-state index < -0.39 is 9.84 Å². The highest BCUT2D eigenvalue weighted by molar-refractivity contribution is 7.90. The molecule has 2 aromatic carbocycles. The first-order valence-electron chi connectivity index (χ1n) is 10.8. The van der Waals surface area contributed by atoms with E-state index in [9.17, 15) is 13.2 Å². The topological polar surface area (TPSA) is 80.2 Å². The number of amides is 1. The Hall–Kier alpha value is -3.10. The van der Waals surface area contributed by atoms with Crippen LogP contribution in [0.1, 0.15) is 30.0 Å². The van der Waals surface area contributed by atoms with E-state index >= 15 is 0 Å². The molecule has 0 saturated carbocycles. The van der Waals surface area contributed by atoms with Gasteiger partial charge in [-0.05, 0) is 41.3 Å². The van der Waals surface area contributed by atoms with Crippen LogP contribution in [-0.2, 0) is 33.4 Å². The Balaban J connectivity index is 1.56. The number of pyridine rings is 1. The van der Waals surface area contributed by atoms with Gasteiger partial charge in [0, 0.05) is 18.8 Å². The Morgan fingerprint density at radius 1 is 1.00 bits per heavy atom. The van der Waals surface area contributed by atoms with Crippen molar-refractivity contribution < 1.29 is 13.2 Å². The standard InChI is InChI=1S/C25H25N3O3S2/c1-2-19-10-11-22-23(15-19)32-25(27-22)28(17-21-9-6-13-26-16-21)24(29)12-14-33(30,31)18-20-7-4-3-5-8-20/h3-11,13,15-16H,2,12,14,17-18H2,1H3. The van der Waals surface area contributed by atoms with E-state index in [4.69, 9.17) is 0 Å². The number of thiazole rings is 1. The lowest BCUT2D eigenvalue weighted by Crippen LogP contribution is -2.32. The molecule has 8 heteroatoms. The Kier molecular flexibility index (Phi) is 7.15. The second-order valence-corrected chi connectivity index (χ2v) is 11.0. The summed E-state index contributed by atoms with van der Waals surface area (Å²) in [5.41, 5.74) is 3.60. The molecule has 1 amide bonds. The zero-order valence-electron chi connectivity index (χ0n) is 18.3. The Morgan fingerprint density at radius 2 is 1.79 bits per heavy atom. The predicted octanol–water partition coefficient (Wildman–Crippen LogP) is 4.79. The molecule has 0 bridgehead atoms. The van der Waals surface area contributed by atoms with Crippen LogP contribution < -0.4 is 4.90 Å². The number of aromatic nitrogens is 2. The lowest BCUT2D eigenvalue weighted by atomic mass is 10.2. The maximum absolute atomic E-state index is 13.3. The van der Waals surface area contributed by atoms with E-state index in [0.717, 1.165) is 27.8 Å². The molecule has 0 saturated heterocycles. The number of hydrogen-bond donors (Lipinski definition) is 0. The lowest BCUT2D eigenvalue weighted by molar-refractivity contribution is -0.118. The van der Waals surface area contributed by atoms with Crippen LogP contribution in [0.25, 0.3) is 10.2 Å². The molecule has 170 valence electrons. The maximum Gasteiger partial charge on any atom is 0.230 e. The highest BCUT2D eigenvalue weighted by Gasteiger charge is 2.23. The summed E-state index contributed by atoms with van der Waals surface area (Å²) in [5.74, 6) is -0.565. The second kappa shape index (κ2) is 10.2. The Bertz CT molecular complexity index is 1340. The number of hydrogen-bond acceptors (Lipinski definition) is 6. The fraction of sp³-hybridized carbons (Fsp3) is 0.240. The summed E-state index contributed by atoms with van der Waals surface area (Å²) in [7, 11) is -3.43. The molecule has 0 radical (unpaired) electrons. The van der Waals surface area contributed by atoms with Crippen LogP contribution in [0.5, 0.6) is 0 Å². The normalized spacial score (nSPS) is 11.5. The first kappa shape index (κ1) is 23.1. The number of aryl methyl sites for hydroxylation is 1. The molecule has 0 aliphatic carbocycles. The van der Waals surface area contributed by atoms with Gasteiger partial charge in [-0.1, -0.05) is 60.7 Å². The summed E-state index contributed by atoms with van der Waals surface area (Å²) in [6.07, 6.45) is 4.19. The molecule has 4 rings (SSSR count). The highest BCUT2D eigenvalue weighted by atomic mass is 32.2. The van der Waals surface area contributed by atoms with Crippen LogP contribution >= 0.6 is 11.3 Å². The first-order valence-corrected chi connectivity index (χ1v) is 13.4. The number of anilines is 1. The lowest BCUT2D eigenvalue weighted by Gasteiger charge is -2.20. The average Bonchev–Trinajstić information content (AvgIpc) is 3.25. The van der Waals surface area contributed by atoms with Crippen molar-refractivity contribution in [2.45, 2.75) is 32.1 Å². The predicted molar refractivity (Wildman–Crippen MR) is 133 cm³/mol. The summed E-state index contributed by atoms with van der Waals surface area (Å²) < 4.78 is 26.3. The Morgan fingerprint density at radius 3 is 2.52 bits per heavy atom. The third-order valence-corrected chi connectivity index (χ3v) is 7.94. The zero-order chi connectivity index (χ0) is 23.3. The molecular weight excluding hydrogens is 454 g/mol. The first-order chi connectivity index (χ1) is 15.9. The van der Waals surface area contributed by atoms with Crippen LogP contribution in [0.2, 0.25) is 0 Å². The molecule has 0 aliphatic rings. The molecule has 2 aromatic heterocycles. The Labute approximate surface area is 197 Å². The van der Waals surface area contributed by atoms with Gasteiger partial charge in [-0.25, -0.2) is 13.4 Å². The van der Waals surface area contributed by atoms with Gasteiger partial charge in [-0.2, -0.15) is 0 Å². The van der Waals surface area contributed by atoms with Crippen molar-refractivity contribution in [3.8, 4) is 0 Å². The van der Waals surface area contributed by atoms with Crippen molar-refractivity contribution in [2.75, 3.05) is 10.7 Å². The minimum Gasteiger partial charge on any atom is -0.284 e. The van der Waals surface area contributed by atoms with Gasteiger partial charge in [0.2, 0.25) is 5.91 Å². The molecule has 0 atom stereocenters. The number of fused-ring (bicyclic) bond motifs is 1. The number of carbonyl (C=O) groups is 1. The molecule has 0 unspecified atom stereocenters. The molecule has 0 N–H and O–H groups in total. The number of carbonyl (C=O) groups excluding carboxylic acids is 1. The second-order valence-electron chi connectivity index (χ2n) is 7.82. The van der Waals surface area contributed by atoms with E-state index in [2.05, 4.69) is 23.0 Å². The van der Waals surface area contributed by atoms with Gasteiger partial charge in [0.1, 0.15) is 0 Å². The smallest absolute Gasteiger partial charge is 0.230 e. The quantitative estimate of drug-likeness (QED) is 0.345. The number of benzene rings is 2. The molecule has 2 heterocycles. The monoisotopic (exact) mass is 479 g/mol. The van der Waals surface area contributed by atoms with Crippen LogP contribution in [0.3, 0.4) is 0 Å². The molecule has 0 spiro atoms. The van der Waals surface area contributed by atoms with Crippen molar-refractivity contribution in [1.29, 1.82) is 0 Å². The number of nitrogens with zero attached hydrogens (tertiary/aromatic N) is 3. The van der Waals surface area contributed by atoms with Gasteiger partial charge in [0.25, 0.3) is 0 Å². The fourth-order valence-electron chi connectivity index (χ4n) is 3.51. The van der Waals surface area contributed by atoms with Gasteiger partial charge in [-0.3, -0.25) is 14.7 Å². The molecule has 6 nitrogen and oxygen atoms in total. The fourth-order valence-corrected chi connectivity index (χ4v) is 5.88. The van der Waals surface area contributed by atoms with E-state index in [1.807, 2.05) is 42.5 Å². The largest absolute Gasteiger partial charge is 0.284 e. The number of rotatable bonds is 9. The zero-order valence-corrected chi connectivity index (χ0v) is 20.0. The molecular formula is C25H25N3O3S2. The van der Waals surface area contributed by atoms with Gasteiger partial charge < -0.3 is 0 Å². The average molecular weight is 480 g/mol. The summed E-state index contributed by atoms with van der Waals surface area (Å²) >= 11 is 1.44. The molecule has 0 aliphatic heterocycles. The van der Waals surface area contributed by atoms with E-state index in [-0.39, 0.29) is 30.4 Å². The van der Waals surface area contributed by atoms with E-state index in [1.54, 1.807) is 29.4 Å². The summed E-state index contributed by atoms with van der Waals surface area (Å²) in [5, 5.41) is 0.563. The van der Waals surface area contributed by atoms with Crippen LogP contribution in [-0.4, -0.2) is 30.0 Å². The van der Waals surface area contributed by atoms with Crippen molar-refractivity contribution in [2.24, 2.45) is 0 Å². The van der Waals surface area contributed by atoms with Crippen LogP contribution in [0.15, 0.2) is 73.1 Å².